The highest BCUT2D eigenvalue weighted by Gasteiger charge is 2.15. The van der Waals surface area contributed by atoms with E-state index in [1.807, 2.05) is 25.1 Å². The molecule has 1 amide bonds. The summed E-state index contributed by atoms with van der Waals surface area (Å²) in [5, 5.41) is 0.498. The lowest BCUT2D eigenvalue weighted by atomic mass is 10.1. The van der Waals surface area contributed by atoms with Gasteiger partial charge in [-0.15, -0.1) is 0 Å². The summed E-state index contributed by atoms with van der Waals surface area (Å²) in [7, 11) is 4.91. The van der Waals surface area contributed by atoms with Crippen molar-refractivity contribution in [3.63, 3.8) is 0 Å². The van der Waals surface area contributed by atoms with Gasteiger partial charge in [0.15, 0.2) is 16.7 Å². The number of methoxy groups -OCH3 is 2. The van der Waals surface area contributed by atoms with Gasteiger partial charge in [-0.25, -0.2) is 9.97 Å². The summed E-state index contributed by atoms with van der Waals surface area (Å²) >= 11 is 1.26. The summed E-state index contributed by atoms with van der Waals surface area (Å²) in [4.78, 5) is 22.4. The highest BCUT2D eigenvalue weighted by Crippen LogP contribution is 2.31. The van der Waals surface area contributed by atoms with E-state index in [1.54, 1.807) is 32.2 Å². The maximum absolute atomic E-state index is 12.4. The van der Waals surface area contributed by atoms with E-state index in [-0.39, 0.29) is 11.7 Å². The van der Waals surface area contributed by atoms with Crippen LogP contribution in [0.3, 0.4) is 0 Å². The van der Waals surface area contributed by atoms with Gasteiger partial charge in [-0.05, 0) is 13.0 Å². The third kappa shape index (κ3) is 4.99. The fourth-order valence-corrected chi connectivity index (χ4v) is 3.14. The van der Waals surface area contributed by atoms with Gasteiger partial charge in [0.1, 0.15) is 5.82 Å². The molecule has 134 valence electrons. The molecule has 7 nitrogen and oxygen atoms in total. The summed E-state index contributed by atoms with van der Waals surface area (Å²) in [6.07, 6.45) is 0. The molecule has 1 aromatic carbocycles. The molecule has 0 spiro atoms. The maximum Gasteiger partial charge on any atom is 0.233 e. The van der Waals surface area contributed by atoms with Crippen molar-refractivity contribution in [3.05, 3.63) is 35.5 Å². The van der Waals surface area contributed by atoms with Crippen molar-refractivity contribution in [1.29, 1.82) is 0 Å². The molecule has 0 radical (unpaired) electrons. The van der Waals surface area contributed by atoms with E-state index in [4.69, 9.17) is 15.2 Å². The van der Waals surface area contributed by atoms with E-state index in [2.05, 4.69) is 9.97 Å². The maximum atomic E-state index is 12.4. The fourth-order valence-electron chi connectivity index (χ4n) is 2.29. The van der Waals surface area contributed by atoms with Crippen LogP contribution < -0.4 is 15.2 Å². The minimum Gasteiger partial charge on any atom is -0.493 e. The lowest BCUT2D eigenvalue weighted by Crippen LogP contribution is -2.28. The molecule has 2 N–H and O–H groups in total. The van der Waals surface area contributed by atoms with E-state index >= 15 is 0 Å². The highest BCUT2D eigenvalue weighted by atomic mass is 32.2. The number of benzene rings is 1. The third-order valence-corrected chi connectivity index (χ3v) is 4.33. The number of carbonyl (C=O) groups is 1. The Hall–Kier alpha value is -2.48. The van der Waals surface area contributed by atoms with Crippen molar-refractivity contribution >= 4 is 23.5 Å². The third-order valence-electron chi connectivity index (χ3n) is 3.50. The molecule has 25 heavy (non-hydrogen) atoms. The van der Waals surface area contributed by atoms with Crippen LogP contribution >= 0.6 is 11.8 Å². The average Bonchev–Trinajstić information content (AvgIpc) is 2.58. The SMILES string of the molecule is COc1cccc(CN(C)C(=O)CSc2nc(C)cc(N)n2)c1OC. The minimum absolute atomic E-state index is 0.0430. The van der Waals surface area contributed by atoms with Crippen LogP contribution in [-0.2, 0) is 11.3 Å². The molecule has 1 heterocycles. The first kappa shape index (κ1) is 18.9. The zero-order valence-electron chi connectivity index (χ0n) is 14.8. The zero-order valence-corrected chi connectivity index (χ0v) is 15.6. The number of aromatic nitrogens is 2. The minimum atomic E-state index is -0.0430. The predicted molar refractivity (Wildman–Crippen MR) is 97.9 cm³/mol. The van der Waals surface area contributed by atoms with Crippen LogP contribution in [-0.4, -0.2) is 47.8 Å². The fraction of sp³-hybridized carbons (Fsp3) is 0.353. The van der Waals surface area contributed by atoms with Crippen LogP contribution in [0.2, 0.25) is 0 Å². The Morgan fingerprint density at radius 1 is 1.28 bits per heavy atom. The number of ether oxygens (including phenoxy) is 2. The number of aryl methyl sites for hydroxylation is 1. The van der Waals surface area contributed by atoms with Gasteiger partial charge in [-0.3, -0.25) is 4.79 Å². The Morgan fingerprint density at radius 2 is 2.04 bits per heavy atom. The first-order valence-corrected chi connectivity index (χ1v) is 8.61. The molecule has 0 bridgehead atoms. The summed E-state index contributed by atoms with van der Waals surface area (Å²) < 4.78 is 10.7. The second-order valence-corrected chi connectivity index (χ2v) is 6.35. The van der Waals surface area contributed by atoms with E-state index in [1.165, 1.54) is 11.8 Å². The van der Waals surface area contributed by atoms with Crippen molar-refractivity contribution in [2.45, 2.75) is 18.6 Å². The largest absolute Gasteiger partial charge is 0.493 e. The number of hydrogen-bond acceptors (Lipinski definition) is 7. The topological polar surface area (TPSA) is 90.6 Å². The molecule has 0 atom stereocenters. The number of nitrogen functional groups attached to an aromatic ring is 1. The van der Waals surface area contributed by atoms with Gasteiger partial charge in [0.2, 0.25) is 5.91 Å². The lowest BCUT2D eigenvalue weighted by molar-refractivity contribution is -0.127. The van der Waals surface area contributed by atoms with Crippen molar-refractivity contribution in [2.75, 3.05) is 32.8 Å². The lowest BCUT2D eigenvalue weighted by Gasteiger charge is -2.19. The number of thioether (sulfide) groups is 1. The first-order valence-electron chi connectivity index (χ1n) is 7.62. The summed E-state index contributed by atoms with van der Waals surface area (Å²) in [5.74, 6) is 1.85. The van der Waals surface area contributed by atoms with Crippen molar-refractivity contribution in [1.82, 2.24) is 14.9 Å². The number of anilines is 1. The van der Waals surface area contributed by atoms with Gasteiger partial charge in [-0.2, -0.15) is 0 Å². The number of hydrogen-bond donors (Lipinski definition) is 1. The number of nitrogens with zero attached hydrogens (tertiary/aromatic N) is 3. The molecular formula is C17H22N4O3S. The second kappa shape index (κ2) is 8.57. The molecule has 0 saturated carbocycles. The summed E-state index contributed by atoms with van der Waals surface area (Å²) in [6.45, 7) is 2.25. The van der Waals surface area contributed by atoms with Gasteiger partial charge in [0.25, 0.3) is 0 Å². The molecule has 0 fully saturated rings. The summed E-state index contributed by atoms with van der Waals surface area (Å²) in [5.41, 5.74) is 7.35. The van der Waals surface area contributed by atoms with Crippen LogP contribution in [0.5, 0.6) is 11.5 Å². The number of carbonyl (C=O) groups excluding carboxylic acids is 1. The van der Waals surface area contributed by atoms with Crippen LogP contribution in [0.15, 0.2) is 29.4 Å². The van der Waals surface area contributed by atoms with Gasteiger partial charge in [0.05, 0.1) is 20.0 Å². The Kier molecular flexibility index (Phi) is 6.46. The van der Waals surface area contributed by atoms with E-state index in [9.17, 15) is 4.79 Å². The Balaban J connectivity index is 2.01. The van der Waals surface area contributed by atoms with E-state index in [0.29, 0.717) is 29.0 Å². The number of nitrogens with two attached hydrogens (primary N) is 1. The Bertz CT molecular complexity index is 734. The summed E-state index contributed by atoms with van der Waals surface area (Å²) in [6, 6.07) is 7.28. The standard InChI is InChI=1S/C17H22N4O3S/c1-11-8-14(18)20-17(19-11)25-10-15(22)21(2)9-12-6-5-7-13(23-3)16(12)24-4/h5-8H,9-10H2,1-4H3,(H2,18,19,20). The predicted octanol–water partition coefficient (Wildman–Crippen LogP) is 2.14. The Labute approximate surface area is 151 Å². The highest BCUT2D eigenvalue weighted by molar-refractivity contribution is 7.99. The molecule has 2 aromatic rings. The molecule has 0 aliphatic heterocycles. The second-order valence-electron chi connectivity index (χ2n) is 5.41. The van der Waals surface area contributed by atoms with Crippen LogP contribution in [0.25, 0.3) is 0 Å². The Morgan fingerprint density at radius 3 is 2.68 bits per heavy atom. The van der Waals surface area contributed by atoms with Crippen LogP contribution in [0.4, 0.5) is 5.82 Å². The molecule has 0 aliphatic carbocycles. The molecule has 2 rings (SSSR count). The molecular weight excluding hydrogens is 340 g/mol. The number of rotatable bonds is 7. The smallest absolute Gasteiger partial charge is 0.233 e. The van der Waals surface area contributed by atoms with Gasteiger partial charge < -0.3 is 20.1 Å². The van der Waals surface area contributed by atoms with Gasteiger partial charge >= 0.3 is 0 Å². The first-order chi connectivity index (χ1) is 11.9. The molecule has 0 aliphatic rings. The number of amides is 1. The normalized spacial score (nSPS) is 10.4. The van der Waals surface area contributed by atoms with Crippen LogP contribution in [0.1, 0.15) is 11.3 Å². The van der Waals surface area contributed by atoms with E-state index < -0.39 is 0 Å². The molecule has 0 saturated heterocycles. The molecule has 1 aromatic heterocycles. The van der Waals surface area contributed by atoms with Crippen LogP contribution in [0, 0.1) is 6.92 Å². The number of para-hydroxylation sites is 1. The average molecular weight is 362 g/mol. The van der Waals surface area contributed by atoms with Crippen molar-refractivity contribution in [2.24, 2.45) is 0 Å². The van der Waals surface area contributed by atoms with Crippen molar-refractivity contribution < 1.29 is 14.3 Å². The van der Waals surface area contributed by atoms with Gasteiger partial charge in [-0.1, -0.05) is 23.9 Å². The van der Waals surface area contributed by atoms with E-state index in [0.717, 1.165) is 11.3 Å². The van der Waals surface area contributed by atoms with Gasteiger partial charge in [0, 0.05) is 30.9 Å². The molecule has 8 heteroatoms. The molecule has 0 unspecified atom stereocenters. The van der Waals surface area contributed by atoms with Crippen molar-refractivity contribution in [3.8, 4) is 11.5 Å². The monoisotopic (exact) mass is 362 g/mol. The quantitative estimate of drug-likeness (QED) is 0.596. The zero-order chi connectivity index (χ0) is 18.4.